The zero-order valence-electron chi connectivity index (χ0n) is 18.3. The predicted octanol–water partition coefficient (Wildman–Crippen LogP) is -0.834. The number of nitrogens with two attached hydrogens (primary N) is 1. The van der Waals surface area contributed by atoms with E-state index < -0.39 is 23.9 Å². The van der Waals surface area contributed by atoms with Gasteiger partial charge in [-0.1, -0.05) is 36.4 Å². The lowest BCUT2D eigenvalue weighted by Crippen LogP contribution is -3.00. The number of halogens is 1. The van der Waals surface area contributed by atoms with Crippen LogP contribution in [0.3, 0.4) is 0 Å². The van der Waals surface area contributed by atoms with Gasteiger partial charge in [0.1, 0.15) is 5.75 Å². The molecule has 0 radical (unpaired) electrons. The van der Waals surface area contributed by atoms with Gasteiger partial charge in [0.2, 0.25) is 0 Å². The maximum absolute atomic E-state index is 12.8. The first kappa shape index (κ1) is 24.9. The van der Waals surface area contributed by atoms with Crippen LogP contribution in [-0.2, 0) is 16.1 Å². The van der Waals surface area contributed by atoms with Gasteiger partial charge in [-0.15, -0.1) is 0 Å². The van der Waals surface area contributed by atoms with Gasteiger partial charge in [-0.2, -0.15) is 0 Å². The van der Waals surface area contributed by atoms with Crippen molar-refractivity contribution >= 4 is 28.6 Å². The van der Waals surface area contributed by atoms with E-state index in [4.69, 9.17) is 10.5 Å². The van der Waals surface area contributed by atoms with Crippen molar-refractivity contribution in [3.05, 3.63) is 65.4 Å². The fraction of sp³-hybridized carbons (Fsp3) is 0.261. The fourth-order valence-electron chi connectivity index (χ4n) is 3.62. The third kappa shape index (κ3) is 4.76. The van der Waals surface area contributed by atoms with E-state index in [0.717, 1.165) is 5.56 Å². The van der Waals surface area contributed by atoms with E-state index in [1.807, 2.05) is 34.9 Å². The van der Waals surface area contributed by atoms with Crippen LogP contribution in [0.2, 0.25) is 0 Å². The van der Waals surface area contributed by atoms with Crippen molar-refractivity contribution in [1.29, 1.82) is 0 Å². The van der Waals surface area contributed by atoms with Crippen molar-refractivity contribution in [2.45, 2.75) is 19.7 Å². The highest BCUT2D eigenvalue weighted by Gasteiger charge is 2.35. The standard InChI is InChI=1S/C23H25N3O5.ClH/c1-14-18(20(27)21(24)28)19-16(25(14)13-15-9-6-5-7-10-15)11-8-12-17(19)31-22(23(29)30)26(2,3)4;/h5-12,22H,13H2,1-4H3,(H2-,24,28,29,30);1H. The number of carboxylic acid groups (broad SMARTS) is 1. The molecular weight excluding hydrogens is 434 g/mol. The summed E-state index contributed by atoms with van der Waals surface area (Å²) in [6.45, 7) is 2.19. The number of carbonyl (C=O) groups is 3. The summed E-state index contributed by atoms with van der Waals surface area (Å²) in [5.74, 6) is -2.87. The Morgan fingerprint density at radius 1 is 1.06 bits per heavy atom. The molecule has 0 saturated heterocycles. The van der Waals surface area contributed by atoms with E-state index in [9.17, 15) is 19.5 Å². The molecule has 1 heterocycles. The summed E-state index contributed by atoms with van der Waals surface area (Å²) in [4.78, 5) is 36.4. The summed E-state index contributed by atoms with van der Waals surface area (Å²) in [5.41, 5.74) is 7.65. The molecule has 3 N–H and O–H groups in total. The lowest BCUT2D eigenvalue weighted by Gasteiger charge is -2.30. The van der Waals surface area contributed by atoms with Crippen LogP contribution in [-0.4, -0.2) is 59.2 Å². The van der Waals surface area contributed by atoms with E-state index in [2.05, 4.69) is 0 Å². The van der Waals surface area contributed by atoms with E-state index in [1.165, 1.54) is 0 Å². The van der Waals surface area contributed by atoms with Gasteiger partial charge < -0.3 is 32.6 Å². The van der Waals surface area contributed by atoms with Crippen molar-refractivity contribution in [3.8, 4) is 5.75 Å². The quantitative estimate of drug-likeness (QED) is 0.197. The molecule has 1 amide bonds. The summed E-state index contributed by atoms with van der Waals surface area (Å²) in [6.07, 6.45) is -1.22. The molecule has 3 rings (SSSR count). The molecule has 0 saturated carbocycles. The van der Waals surface area contributed by atoms with E-state index in [0.29, 0.717) is 23.1 Å². The molecule has 170 valence electrons. The summed E-state index contributed by atoms with van der Waals surface area (Å²) in [5, 5.41) is 10.1. The molecule has 0 spiro atoms. The monoisotopic (exact) mass is 459 g/mol. The number of fused-ring (bicyclic) bond motifs is 1. The Balaban J connectivity index is 0.00000363. The summed E-state index contributed by atoms with van der Waals surface area (Å²) in [6, 6.07) is 14.8. The number of nitrogens with zero attached hydrogens (tertiary/aromatic N) is 2. The number of rotatable bonds is 8. The minimum absolute atomic E-state index is 0. The zero-order valence-corrected chi connectivity index (χ0v) is 19.1. The number of likely N-dealkylation sites (N-methyl/N-ethyl adjacent to an activating group) is 1. The third-order valence-corrected chi connectivity index (χ3v) is 5.10. The number of hydrogen-bond acceptors (Lipinski definition) is 4. The summed E-state index contributed by atoms with van der Waals surface area (Å²) in [7, 11) is 5.08. The van der Waals surface area contributed by atoms with Crippen molar-refractivity contribution < 1.29 is 41.1 Å². The van der Waals surface area contributed by atoms with E-state index in [1.54, 1.807) is 46.3 Å². The van der Waals surface area contributed by atoms with Crippen molar-refractivity contribution in [2.24, 2.45) is 5.73 Å². The number of benzene rings is 2. The van der Waals surface area contributed by atoms with Gasteiger partial charge in [0.25, 0.3) is 11.7 Å². The first-order valence-corrected chi connectivity index (χ1v) is 9.72. The minimum Gasteiger partial charge on any atom is -1.00 e. The zero-order chi connectivity index (χ0) is 22.9. The number of carbonyl (C=O) groups excluding carboxylic acids is 2. The fourth-order valence-corrected chi connectivity index (χ4v) is 3.62. The van der Waals surface area contributed by atoms with Crippen LogP contribution in [0.15, 0.2) is 48.5 Å². The molecule has 0 aliphatic rings. The lowest BCUT2D eigenvalue weighted by atomic mass is 10.1. The third-order valence-electron chi connectivity index (χ3n) is 5.10. The smallest absolute Gasteiger partial charge is 0.405 e. The largest absolute Gasteiger partial charge is 1.00 e. The van der Waals surface area contributed by atoms with Gasteiger partial charge in [0.15, 0.2) is 0 Å². The van der Waals surface area contributed by atoms with Gasteiger partial charge in [-0.25, -0.2) is 4.79 Å². The van der Waals surface area contributed by atoms with Crippen LogP contribution in [0.4, 0.5) is 0 Å². The van der Waals surface area contributed by atoms with Crippen LogP contribution >= 0.6 is 0 Å². The predicted molar refractivity (Wildman–Crippen MR) is 116 cm³/mol. The highest BCUT2D eigenvalue weighted by atomic mass is 35.5. The Labute approximate surface area is 192 Å². The molecule has 1 atom stereocenters. The Morgan fingerprint density at radius 3 is 2.22 bits per heavy atom. The normalized spacial score (nSPS) is 12.1. The van der Waals surface area contributed by atoms with Crippen molar-refractivity contribution in [3.63, 3.8) is 0 Å². The maximum Gasteiger partial charge on any atom is 0.405 e. The number of ketones is 1. The lowest BCUT2D eigenvalue weighted by molar-refractivity contribution is -0.905. The molecule has 2 aromatic carbocycles. The SMILES string of the molecule is Cc1c(C(=O)C(N)=O)c2c(OC(C(=O)O)[N+](C)(C)C)cccc2n1Cc1ccccc1.[Cl-]. The highest BCUT2D eigenvalue weighted by Crippen LogP contribution is 2.35. The Hall–Kier alpha value is -3.36. The number of Topliss-reactive ketones (excluding diaryl/α,β-unsaturated/α-hetero) is 1. The molecule has 8 nitrogen and oxygen atoms in total. The maximum atomic E-state index is 12.8. The van der Waals surface area contributed by atoms with Gasteiger partial charge in [-0.05, 0) is 24.6 Å². The first-order chi connectivity index (χ1) is 14.5. The second kappa shape index (κ2) is 9.42. The van der Waals surface area contributed by atoms with Gasteiger partial charge in [0.05, 0.1) is 37.6 Å². The second-order valence-electron chi connectivity index (χ2n) is 8.30. The van der Waals surface area contributed by atoms with Gasteiger partial charge >= 0.3 is 12.2 Å². The minimum atomic E-state index is -1.22. The molecule has 3 aromatic rings. The summed E-state index contributed by atoms with van der Waals surface area (Å²) < 4.78 is 7.79. The topological polar surface area (TPSA) is 112 Å². The molecular formula is C23H26ClN3O5. The van der Waals surface area contributed by atoms with Crippen LogP contribution in [0.25, 0.3) is 10.9 Å². The number of ether oxygens (including phenoxy) is 1. The second-order valence-corrected chi connectivity index (χ2v) is 8.30. The number of primary amides is 1. The Bertz CT molecular complexity index is 1170. The average Bonchev–Trinajstić information content (AvgIpc) is 2.97. The van der Waals surface area contributed by atoms with Gasteiger partial charge in [-0.3, -0.25) is 14.1 Å². The van der Waals surface area contributed by atoms with Crippen molar-refractivity contribution in [1.82, 2.24) is 4.57 Å². The van der Waals surface area contributed by atoms with E-state index in [-0.39, 0.29) is 28.2 Å². The van der Waals surface area contributed by atoms with E-state index >= 15 is 0 Å². The number of hydrogen-bond donors (Lipinski definition) is 2. The number of aromatic nitrogens is 1. The number of carboxylic acids is 1. The van der Waals surface area contributed by atoms with Crippen LogP contribution in [0.5, 0.6) is 5.75 Å². The average molecular weight is 460 g/mol. The Morgan fingerprint density at radius 2 is 1.69 bits per heavy atom. The Kier molecular flexibility index (Phi) is 7.33. The molecule has 0 bridgehead atoms. The van der Waals surface area contributed by atoms with Crippen LogP contribution < -0.4 is 22.9 Å². The van der Waals surface area contributed by atoms with Gasteiger partial charge in [0, 0.05) is 12.2 Å². The van der Waals surface area contributed by atoms with Crippen molar-refractivity contribution in [2.75, 3.05) is 21.1 Å². The van der Waals surface area contributed by atoms with Crippen LogP contribution in [0.1, 0.15) is 21.6 Å². The van der Waals surface area contributed by atoms with Crippen LogP contribution in [0, 0.1) is 6.92 Å². The number of aliphatic carboxylic acids is 1. The molecule has 9 heteroatoms. The first-order valence-electron chi connectivity index (χ1n) is 9.72. The summed E-state index contributed by atoms with van der Waals surface area (Å²) >= 11 is 0. The number of quaternary nitrogens is 1. The highest BCUT2D eigenvalue weighted by molar-refractivity contribution is 6.45. The molecule has 1 unspecified atom stereocenters. The number of amides is 1. The molecule has 0 aliphatic heterocycles. The molecule has 1 aromatic heterocycles. The molecule has 32 heavy (non-hydrogen) atoms. The molecule has 0 fully saturated rings. The molecule has 0 aliphatic carbocycles.